The summed E-state index contributed by atoms with van der Waals surface area (Å²) in [6, 6.07) is 0. The third-order valence-electron chi connectivity index (χ3n) is 2.89. The van der Waals surface area contributed by atoms with Crippen molar-refractivity contribution in [2.45, 2.75) is 45.6 Å². The molecule has 15 heavy (non-hydrogen) atoms. The fourth-order valence-electron chi connectivity index (χ4n) is 1.63. The Labute approximate surface area is 94.9 Å². The molecular weight excluding hydrogens is 188 g/mol. The van der Waals surface area contributed by atoms with Crippen molar-refractivity contribution < 1.29 is 5.11 Å². The molecule has 1 atom stereocenters. The number of nitrogens with zero attached hydrogens (tertiary/aromatic N) is 1. The Morgan fingerprint density at radius 1 is 1.27 bits per heavy atom. The Balaban J connectivity index is 3.78. The minimum absolute atomic E-state index is 0.116. The molecule has 0 aromatic carbocycles. The molecule has 0 amide bonds. The van der Waals surface area contributed by atoms with Gasteiger partial charge in [0.15, 0.2) is 0 Å². The first-order chi connectivity index (χ1) is 7.08. The van der Waals surface area contributed by atoms with E-state index in [1.807, 2.05) is 0 Å². The van der Waals surface area contributed by atoms with Crippen molar-refractivity contribution in [1.82, 2.24) is 10.2 Å². The van der Waals surface area contributed by atoms with Gasteiger partial charge in [0.1, 0.15) is 0 Å². The summed E-state index contributed by atoms with van der Waals surface area (Å²) in [5.41, 5.74) is -0.116. The van der Waals surface area contributed by atoms with E-state index in [1.165, 1.54) is 12.8 Å². The summed E-state index contributed by atoms with van der Waals surface area (Å²) in [5.74, 6) is 0. The van der Waals surface area contributed by atoms with Gasteiger partial charge in [0.2, 0.25) is 0 Å². The second kappa shape index (κ2) is 8.08. The van der Waals surface area contributed by atoms with Crippen LogP contribution in [0.15, 0.2) is 0 Å². The Morgan fingerprint density at radius 2 is 1.93 bits per heavy atom. The van der Waals surface area contributed by atoms with Gasteiger partial charge in [0.05, 0.1) is 6.61 Å². The standard InChI is InChI=1S/C12H28N2O/c1-5-7-9-14(4)10-8-12(3,11-15)13-6-2/h13,15H,5-11H2,1-4H3. The van der Waals surface area contributed by atoms with Gasteiger partial charge < -0.3 is 15.3 Å². The average Bonchev–Trinajstić information content (AvgIpc) is 2.24. The maximum Gasteiger partial charge on any atom is 0.0611 e. The molecule has 0 radical (unpaired) electrons. The lowest BCUT2D eigenvalue weighted by Gasteiger charge is -2.30. The van der Waals surface area contributed by atoms with Crippen LogP contribution in [0.1, 0.15) is 40.0 Å². The van der Waals surface area contributed by atoms with E-state index in [0.29, 0.717) is 0 Å². The first kappa shape index (κ1) is 14.9. The van der Waals surface area contributed by atoms with E-state index < -0.39 is 0 Å². The zero-order valence-electron chi connectivity index (χ0n) is 10.8. The summed E-state index contributed by atoms with van der Waals surface area (Å²) < 4.78 is 0. The normalized spacial score (nSPS) is 15.6. The van der Waals surface area contributed by atoms with Gasteiger partial charge in [-0.3, -0.25) is 0 Å². The molecular formula is C12H28N2O. The highest BCUT2D eigenvalue weighted by atomic mass is 16.3. The van der Waals surface area contributed by atoms with Crippen molar-refractivity contribution in [3.63, 3.8) is 0 Å². The second-order valence-electron chi connectivity index (χ2n) is 4.66. The number of hydrogen-bond donors (Lipinski definition) is 2. The summed E-state index contributed by atoms with van der Waals surface area (Å²) in [5, 5.41) is 12.7. The van der Waals surface area contributed by atoms with Crippen molar-refractivity contribution in [2.24, 2.45) is 0 Å². The topological polar surface area (TPSA) is 35.5 Å². The molecule has 0 aliphatic rings. The molecule has 0 rings (SSSR count). The van der Waals surface area contributed by atoms with Gasteiger partial charge in [-0.15, -0.1) is 0 Å². The number of nitrogens with one attached hydrogen (secondary N) is 1. The van der Waals surface area contributed by atoms with Gasteiger partial charge in [0, 0.05) is 5.54 Å². The fraction of sp³-hybridized carbons (Fsp3) is 1.00. The van der Waals surface area contributed by atoms with Crippen LogP contribution in [0.2, 0.25) is 0 Å². The first-order valence-corrected chi connectivity index (χ1v) is 6.12. The highest BCUT2D eigenvalue weighted by Gasteiger charge is 2.21. The van der Waals surface area contributed by atoms with Crippen LogP contribution in [0.25, 0.3) is 0 Å². The van der Waals surface area contributed by atoms with Crippen molar-refractivity contribution in [3.8, 4) is 0 Å². The molecule has 0 aromatic rings. The highest BCUT2D eigenvalue weighted by molar-refractivity contribution is 4.82. The van der Waals surface area contributed by atoms with Crippen LogP contribution in [-0.2, 0) is 0 Å². The van der Waals surface area contributed by atoms with Gasteiger partial charge in [-0.2, -0.15) is 0 Å². The second-order valence-corrected chi connectivity index (χ2v) is 4.66. The molecule has 0 heterocycles. The van der Waals surface area contributed by atoms with Crippen LogP contribution in [0, 0.1) is 0 Å². The van der Waals surface area contributed by atoms with Gasteiger partial charge in [0.25, 0.3) is 0 Å². The molecule has 0 spiro atoms. The smallest absolute Gasteiger partial charge is 0.0611 e. The Bertz CT molecular complexity index is 153. The lowest BCUT2D eigenvalue weighted by atomic mass is 9.98. The maximum atomic E-state index is 9.32. The van der Waals surface area contributed by atoms with E-state index in [9.17, 15) is 5.11 Å². The van der Waals surface area contributed by atoms with Gasteiger partial charge in [-0.05, 0) is 46.4 Å². The van der Waals surface area contributed by atoms with E-state index >= 15 is 0 Å². The molecule has 3 nitrogen and oxygen atoms in total. The third-order valence-corrected chi connectivity index (χ3v) is 2.89. The van der Waals surface area contributed by atoms with Crippen molar-refractivity contribution in [3.05, 3.63) is 0 Å². The van der Waals surface area contributed by atoms with Crippen LogP contribution in [0.3, 0.4) is 0 Å². The fourth-order valence-corrected chi connectivity index (χ4v) is 1.63. The highest BCUT2D eigenvalue weighted by Crippen LogP contribution is 2.09. The van der Waals surface area contributed by atoms with Crippen LogP contribution >= 0.6 is 0 Å². The lowest BCUT2D eigenvalue weighted by molar-refractivity contribution is 0.153. The van der Waals surface area contributed by atoms with Crippen molar-refractivity contribution in [2.75, 3.05) is 33.3 Å². The largest absolute Gasteiger partial charge is 0.394 e. The van der Waals surface area contributed by atoms with Crippen LogP contribution in [0.5, 0.6) is 0 Å². The predicted octanol–water partition coefficient (Wildman–Crippen LogP) is 1.47. The SMILES string of the molecule is CCCCN(C)CCC(C)(CO)NCC. The van der Waals surface area contributed by atoms with Gasteiger partial charge in [-0.1, -0.05) is 20.3 Å². The summed E-state index contributed by atoms with van der Waals surface area (Å²) in [4.78, 5) is 2.34. The molecule has 92 valence electrons. The minimum atomic E-state index is -0.116. The molecule has 3 heteroatoms. The monoisotopic (exact) mass is 216 g/mol. The Morgan fingerprint density at radius 3 is 2.40 bits per heavy atom. The number of aliphatic hydroxyl groups is 1. The number of aliphatic hydroxyl groups excluding tert-OH is 1. The molecule has 0 aliphatic carbocycles. The Kier molecular flexibility index (Phi) is 8.02. The summed E-state index contributed by atoms with van der Waals surface area (Å²) >= 11 is 0. The zero-order chi connectivity index (χ0) is 11.7. The summed E-state index contributed by atoms with van der Waals surface area (Å²) in [6.45, 7) is 9.70. The lowest BCUT2D eigenvalue weighted by Crippen LogP contribution is -2.47. The third kappa shape index (κ3) is 6.88. The van der Waals surface area contributed by atoms with Gasteiger partial charge >= 0.3 is 0 Å². The number of hydrogen-bond acceptors (Lipinski definition) is 3. The molecule has 0 saturated heterocycles. The van der Waals surface area contributed by atoms with Crippen molar-refractivity contribution >= 4 is 0 Å². The Hall–Kier alpha value is -0.120. The van der Waals surface area contributed by atoms with Gasteiger partial charge in [-0.25, -0.2) is 0 Å². The number of unbranched alkanes of at least 4 members (excludes halogenated alkanes) is 1. The van der Waals surface area contributed by atoms with E-state index in [4.69, 9.17) is 0 Å². The first-order valence-electron chi connectivity index (χ1n) is 6.12. The minimum Gasteiger partial charge on any atom is -0.394 e. The average molecular weight is 216 g/mol. The molecule has 0 bridgehead atoms. The predicted molar refractivity (Wildman–Crippen MR) is 66.2 cm³/mol. The number of likely N-dealkylation sites (N-methyl/N-ethyl adjacent to an activating group) is 1. The van der Waals surface area contributed by atoms with Crippen LogP contribution in [-0.4, -0.2) is 48.8 Å². The van der Waals surface area contributed by atoms with Crippen molar-refractivity contribution in [1.29, 1.82) is 0 Å². The van der Waals surface area contributed by atoms with E-state index in [-0.39, 0.29) is 12.1 Å². The van der Waals surface area contributed by atoms with Crippen LogP contribution < -0.4 is 5.32 Å². The molecule has 0 fully saturated rings. The molecule has 0 aliphatic heterocycles. The summed E-state index contributed by atoms with van der Waals surface area (Å²) in [6.07, 6.45) is 3.50. The van der Waals surface area contributed by atoms with E-state index in [2.05, 4.69) is 38.0 Å². The zero-order valence-corrected chi connectivity index (χ0v) is 10.8. The molecule has 0 aromatic heterocycles. The molecule has 1 unspecified atom stereocenters. The van der Waals surface area contributed by atoms with E-state index in [1.54, 1.807) is 0 Å². The summed E-state index contributed by atoms with van der Waals surface area (Å²) in [7, 11) is 2.15. The molecule has 0 saturated carbocycles. The maximum absolute atomic E-state index is 9.32. The van der Waals surface area contributed by atoms with Crippen LogP contribution in [0.4, 0.5) is 0 Å². The molecule has 2 N–H and O–H groups in total. The van der Waals surface area contributed by atoms with E-state index in [0.717, 1.165) is 26.1 Å². The number of rotatable bonds is 9. The quantitative estimate of drug-likeness (QED) is 0.612.